The molecule has 2 rings (SSSR count). The highest BCUT2D eigenvalue weighted by atomic mass is 35.5. The number of hydrogen-bond donors (Lipinski definition) is 1. The van der Waals surface area contributed by atoms with Crippen molar-refractivity contribution in [1.29, 1.82) is 0 Å². The van der Waals surface area contributed by atoms with Gasteiger partial charge in [0.05, 0.1) is 0 Å². The zero-order chi connectivity index (χ0) is 20.5. The first-order valence-corrected chi connectivity index (χ1v) is 9.86. The summed E-state index contributed by atoms with van der Waals surface area (Å²) in [5, 5.41) is 3.32. The Kier molecular flexibility index (Phi) is 8.33. The Labute approximate surface area is 171 Å². The molecule has 1 N–H and O–H groups in total. The normalized spacial score (nSPS) is 11.6. The Bertz CT molecular complexity index is 793. The van der Waals surface area contributed by atoms with Crippen molar-refractivity contribution in [3.05, 3.63) is 64.7 Å². The average Bonchev–Trinajstić information content (AvgIpc) is 2.71. The van der Waals surface area contributed by atoms with Gasteiger partial charge in [-0.15, -0.1) is 0 Å². The number of nitrogens with one attached hydrogen (secondary N) is 1. The number of halogens is 1. The Morgan fingerprint density at radius 2 is 1.79 bits per heavy atom. The molecular weight excluding hydrogens is 376 g/mol. The number of amides is 2. The molecule has 28 heavy (non-hydrogen) atoms. The fraction of sp³-hybridized carbons (Fsp3) is 0.364. The summed E-state index contributed by atoms with van der Waals surface area (Å²) in [6, 6.07) is 14.3. The lowest BCUT2D eigenvalue weighted by Gasteiger charge is -2.29. The van der Waals surface area contributed by atoms with Crippen molar-refractivity contribution in [2.75, 3.05) is 13.2 Å². The molecule has 0 aromatic heterocycles. The lowest BCUT2D eigenvalue weighted by Crippen LogP contribution is -2.49. The number of likely N-dealkylation sites (N-methyl/N-ethyl adjacent to an activating group) is 1. The highest BCUT2D eigenvalue weighted by Crippen LogP contribution is 2.19. The van der Waals surface area contributed by atoms with Gasteiger partial charge in [0.2, 0.25) is 5.91 Å². The molecule has 0 radical (unpaired) electrons. The number of aryl methyl sites for hydroxylation is 1. The molecule has 0 heterocycles. The number of benzene rings is 2. The van der Waals surface area contributed by atoms with Crippen LogP contribution in [-0.2, 0) is 22.6 Å². The molecule has 2 amide bonds. The summed E-state index contributed by atoms with van der Waals surface area (Å²) in [5.74, 6) is 0.127. The smallest absolute Gasteiger partial charge is 0.261 e. The number of carbonyl (C=O) groups is 2. The summed E-state index contributed by atoms with van der Waals surface area (Å²) in [4.78, 5) is 26.7. The van der Waals surface area contributed by atoms with Crippen LogP contribution in [0.2, 0.25) is 5.02 Å². The van der Waals surface area contributed by atoms with Gasteiger partial charge in [-0.05, 0) is 49.6 Å². The minimum atomic E-state index is -0.644. The van der Waals surface area contributed by atoms with Crippen LogP contribution in [0.5, 0.6) is 5.75 Å². The van der Waals surface area contributed by atoms with Crippen LogP contribution < -0.4 is 10.1 Å². The first-order chi connectivity index (χ1) is 13.5. The maximum Gasteiger partial charge on any atom is 0.261 e. The highest BCUT2D eigenvalue weighted by Gasteiger charge is 2.26. The Hall–Kier alpha value is -2.53. The molecule has 0 aliphatic heterocycles. The number of carbonyl (C=O) groups excluding carboxylic acids is 2. The predicted octanol–water partition coefficient (Wildman–Crippen LogP) is 3.83. The van der Waals surface area contributed by atoms with Gasteiger partial charge in [0.15, 0.2) is 6.61 Å². The second-order valence-corrected chi connectivity index (χ2v) is 6.88. The van der Waals surface area contributed by atoms with Crippen molar-refractivity contribution in [3.63, 3.8) is 0 Å². The molecule has 0 saturated carbocycles. The van der Waals surface area contributed by atoms with Crippen LogP contribution in [0.4, 0.5) is 0 Å². The molecule has 150 valence electrons. The van der Waals surface area contributed by atoms with Crippen molar-refractivity contribution in [2.24, 2.45) is 0 Å². The Morgan fingerprint density at radius 3 is 2.39 bits per heavy atom. The van der Waals surface area contributed by atoms with Gasteiger partial charge in [-0.1, -0.05) is 48.9 Å². The molecule has 0 aliphatic rings. The maximum atomic E-state index is 12.9. The fourth-order valence-electron chi connectivity index (χ4n) is 2.76. The van der Waals surface area contributed by atoms with Crippen LogP contribution in [0.1, 0.15) is 31.9 Å². The van der Waals surface area contributed by atoms with E-state index in [1.54, 1.807) is 13.0 Å². The van der Waals surface area contributed by atoms with Gasteiger partial charge in [0.1, 0.15) is 11.8 Å². The number of nitrogens with zero attached hydrogens (tertiary/aromatic N) is 1. The van der Waals surface area contributed by atoms with E-state index in [9.17, 15) is 9.59 Å². The van der Waals surface area contributed by atoms with Crippen molar-refractivity contribution in [2.45, 2.75) is 39.8 Å². The van der Waals surface area contributed by atoms with Crippen molar-refractivity contribution >= 4 is 23.4 Å². The zero-order valence-electron chi connectivity index (χ0n) is 16.6. The Balaban J connectivity index is 2.12. The second-order valence-electron chi connectivity index (χ2n) is 6.47. The summed E-state index contributed by atoms with van der Waals surface area (Å²) < 4.78 is 5.65. The molecule has 6 heteroatoms. The SMILES string of the molecule is CCNC(=O)[C@@H](C)N(Cc1ccccc1Cl)C(=O)COc1ccc(CC)cc1. The minimum absolute atomic E-state index is 0.153. The lowest BCUT2D eigenvalue weighted by molar-refractivity contribution is -0.142. The maximum absolute atomic E-state index is 12.9. The molecule has 1 atom stereocenters. The van der Waals surface area contributed by atoms with Crippen molar-refractivity contribution in [1.82, 2.24) is 10.2 Å². The van der Waals surface area contributed by atoms with Gasteiger partial charge in [-0.3, -0.25) is 9.59 Å². The van der Waals surface area contributed by atoms with Gasteiger partial charge >= 0.3 is 0 Å². The van der Waals surface area contributed by atoms with Crippen LogP contribution in [0.3, 0.4) is 0 Å². The van der Waals surface area contributed by atoms with Crippen molar-refractivity contribution < 1.29 is 14.3 Å². The summed E-state index contributed by atoms with van der Waals surface area (Å²) in [6.45, 7) is 6.20. The van der Waals surface area contributed by atoms with Crippen LogP contribution in [0, 0.1) is 0 Å². The Morgan fingerprint density at radius 1 is 1.11 bits per heavy atom. The van der Waals surface area contributed by atoms with Crippen molar-refractivity contribution in [3.8, 4) is 5.75 Å². The van der Waals surface area contributed by atoms with Gasteiger partial charge in [-0.2, -0.15) is 0 Å². The summed E-state index contributed by atoms with van der Waals surface area (Å²) in [7, 11) is 0. The van der Waals surface area contributed by atoms with Gasteiger partial charge in [0.25, 0.3) is 5.91 Å². The van der Waals surface area contributed by atoms with Crippen LogP contribution in [0.25, 0.3) is 0 Å². The van der Waals surface area contributed by atoms with E-state index in [4.69, 9.17) is 16.3 Å². The summed E-state index contributed by atoms with van der Waals surface area (Å²) >= 11 is 6.25. The molecule has 0 unspecified atom stereocenters. The zero-order valence-corrected chi connectivity index (χ0v) is 17.3. The standard InChI is InChI=1S/C22H27ClN2O3/c1-4-17-10-12-19(13-11-17)28-15-21(26)25(16(3)22(27)24-5-2)14-18-8-6-7-9-20(18)23/h6-13,16H,4-5,14-15H2,1-3H3,(H,24,27)/t16-/m1/s1. The molecule has 0 saturated heterocycles. The molecule has 2 aromatic rings. The summed E-state index contributed by atoms with van der Waals surface area (Å²) in [6.07, 6.45) is 0.939. The van der Waals surface area contributed by atoms with E-state index < -0.39 is 6.04 Å². The summed E-state index contributed by atoms with van der Waals surface area (Å²) in [5.41, 5.74) is 1.98. The van der Waals surface area contributed by atoms with E-state index in [2.05, 4.69) is 12.2 Å². The molecule has 0 bridgehead atoms. The number of rotatable bonds is 9. The van der Waals surface area contributed by atoms with E-state index in [1.165, 1.54) is 10.5 Å². The van der Waals surface area contributed by atoms with E-state index in [0.717, 1.165) is 12.0 Å². The average molecular weight is 403 g/mol. The van der Waals surface area contributed by atoms with E-state index in [1.807, 2.05) is 49.4 Å². The molecule has 2 aromatic carbocycles. The first-order valence-electron chi connectivity index (χ1n) is 9.48. The van der Waals surface area contributed by atoms with E-state index in [0.29, 0.717) is 17.3 Å². The van der Waals surface area contributed by atoms with Gasteiger partial charge in [-0.25, -0.2) is 0 Å². The van der Waals surface area contributed by atoms with E-state index in [-0.39, 0.29) is 25.0 Å². The predicted molar refractivity (Wildman–Crippen MR) is 111 cm³/mol. The monoisotopic (exact) mass is 402 g/mol. The lowest BCUT2D eigenvalue weighted by atomic mass is 10.1. The van der Waals surface area contributed by atoms with Crippen LogP contribution in [-0.4, -0.2) is 35.9 Å². The fourth-order valence-corrected chi connectivity index (χ4v) is 2.96. The quantitative estimate of drug-likeness (QED) is 0.693. The first kappa shape index (κ1) is 21.8. The van der Waals surface area contributed by atoms with Gasteiger partial charge in [0, 0.05) is 18.1 Å². The third-order valence-corrected chi connectivity index (χ3v) is 4.88. The molecule has 0 spiro atoms. The topological polar surface area (TPSA) is 58.6 Å². The van der Waals surface area contributed by atoms with E-state index >= 15 is 0 Å². The largest absolute Gasteiger partial charge is 0.484 e. The third kappa shape index (κ3) is 5.99. The second kappa shape index (κ2) is 10.7. The minimum Gasteiger partial charge on any atom is -0.484 e. The highest BCUT2D eigenvalue weighted by molar-refractivity contribution is 6.31. The number of ether oxygens (including phenoxy) is 1. The molecule has 5 nitrogen and oxygen atoms in total. The molecular formula is C22H27ClN2O3. The van der Waals surface area contributed by atoms with Crippen LogP contribution >= 0.6 is 11.6 Å². The third-order valence-electron chi connectivity index (χ3n) is 4.51. The number of hydrogen-bond acceptors (Lipinski definition) is 3. The van der Waals surface area contributed by atoms with Gasteiger partial charge < -0.3 is 15.0 Å². The molecule has 0 fully saturated rings. The molecule has 0 aliphatic carbocycles. The van der Waals surface area contributed by atoms with Crippen LogP contribution in [0.15, 0.2) is 48.5 Å².